The molecule has 1 N–H and O–H groups in total. The summed E-state index contributed by atoms with van der Waals surface area (Å²) >= 11 is 0. The zero-order valence-corrected chi connectivity index (χ0v) is 10.5. The molecular formula is C15H11FN2O2. The van der Waals surface area contributed by atoms with Gasteiger partial charge in [0, 0.05) is 5.69 Å². The van der Waals surface area contributed by atoms with Crippen LogP contribution in [-0.4, -0.2) is 12.5 Å². The van der Waals surface area contributed by atoms with Gasteiger partial charge in [0.25, 0.3) is 5.91 Å². The molecule has 0 heterocycles. The second kappa shape index (κ2) is 6.34. The third kappa shape index (κ3) is 3.56. The molecule has 0 unspecified atom stereocenters. The quantitative estimate of drug-likeness (QED) is 0.929. The summed E-state index contributed by atoms with van der Waals surface area (Å²) in [6.45, 7) is -0.291. The maximum atomic E-state index is 13.3. The zero-order chi connectivity index (χ0) is 14.4. The molecule has 5 heteroatoms. The number of amides is 1. The molecule has 100 valence electrons. The van der Waals surface area contributed by atoms with Crippen LogP contribution in [-0.2, 0) is 4.79 Å². The van der Waals surface area contributed by atoms with Crippen LogP contribution >= 0.6 is 0 Å². The summed E-state index contributed by atoms with van der Waals surface area (Å²) in [5.41, 5.74) is 1.05. The number of ether oxygens (including phenoxy) is 1. The predicted molar refractivity (Wildman–Crippen MR) is 71.7 cm³/mol. The minimum absolute atomic E-state index is 0.0301. The minimum atomic E-state index is -0.515. The highest BCUT2D eigenvalue weighted by molar-refractivity contribution is 5.91. The normalized spacial score (nSPS) is 9.60. The Labute approximate surface area is 115 Å². The van der Waals surface area contributed by atoms with Crippen LogP contribution in [0, 0.1) is 17.1 Å². The van der Waals surface area contributed by atoms with Crippen molar-refractivity contribution in [2.24, 2.45) is 0 Å². The van der Waals surface area contributed by atoms with Gasteiger partial charge in [0.2, 0.25) is 0 Å². The van der Waals surface area contributed by atoms with Gasteiger partial charge in [-0.15, -0.1) is 0 Å². The van der Waals surface area contributed by atoms with Crippen molar-refractivity contribution in [3.05, 3.63) is 59.9 Å². The number of para-hydroxylation sites is 1. The van der Waals surface area contributed by atoms with Gasteiger partial charge in [-0.25, -0.2) is 4.39 Å². The lowest BCUT2D eigenvalue weighted by atomic mass is 10.2. The van der Waals surface area contributed by atoms with Crippen molar-refractivity contribution in [1.82, 2.24) is 0 Å². The molecule has 1 amide bonds. The molecule has 0 saturated heterocycles. The molecule has 0 bridgehead atoms. The van der Waals surface area contributed by atoms with Gasteiger partial charge < -0.3 is 10.1 Å². The van der Waals surface area contributed by atoms with E-state index in [-0.39, 0.29) is 12.4 Å². The van der Waals surface area contributed by atoms with Crippen molar-refractivity contribution in [2.75, 3.05) is 11.9 Å². The second-order valence-corrected chi connectivity index (χ2v) is 3.96. The van der Waals surface area contributed by atoms with E-state index in [0.717, 1.165) is 0 Å². The van der Waals surface area contributed by atoms with Crippen LogP contribution in [0.2, 0.25) is 0 Å². The molecule has 0 aromatic heterocycles. The molecule has 0 saturated carbocycles. The number of anilines is 1. The molecule has 2 aromatic carbocycles. The average Bonchev–Trinajstić information content (AvgIpc) is 2.47. The third-order valence-electron chi connectivity index (χ3n) is 2.49. The summed E-state index contributed by atoms with van der Waals surface area (Å²) in [5, 5.41) is 11.2. The number of halogens is 1. The topological polar surface area (TPSA) is 62.1 Å². The van der Waals surface area contributed by atoms with Crippen molar-refractivity contribution < 1.29 is 13.9 Å². The van der Waals surface area contributed by atoms with Crippen molar-refractivity contribution in [3.63, 3.8) is 0 Å². The Kier molecular flexibility index (Phi) is 4.30. The number of benzene rings is 2. The summed E-state index contributed by atoms with van der Waals surface area (Å²) in [6, 6.07) is 14.3. The second-order valence-electron chi connectivity index (χ2n) is 3.96. The summed E-state index contributed by atoms with van der Waals surface area (Å²) in [7, 11) is 0. The van der Waals surface area contributed by atoms with Crippen molar-refractivity contribution in [3.8, 4) is 11.8 Å². The van der Waals surface area contributed by atoms with Crippen LogP contribution in [0.15, 0.2) is 48.5 Å². The monoisotopic (exact) mass is 270 g/mol. The summed E-state index contributed by atoms with van der Waals surface area (Å²) in [4.78, 5) is 11.6. The molecule has 0 atom stereocenters. The van der Waals surface area contributed by atoms with Crippen LogP contribution in [0.5, 0.6) is 5.75 Å². The van der Waals surface area contributed by atoms with Gasteiger partial charge in [-0.2, -0.15) is 5.26 Å². The first-order valence-corrected chi connectivity index (χ1v) is 5.86. The lowest BCUT2D eigenvalue weighted by Crippen LogP contribution is -2.20. The molecule has 0 aliphatic heterocycles. The molecule has 2 rings (SSSR count). The minimum Gasteiger partial charge on any atom is -0.481 e. The van der Waals surface area contributed by atoms with Gasteiger partial charge in [0.15, 0.2) is 18.2 Å². The van der Waals surface area contributed by atoms with Gasteiger partial charge in [0.05, 0.1) is 11.6 Å². The van der Waals surface area contributed by atoms with Crippen LogP contribution in [0.1, 0.15) is 5.56 Å². The summed E-state index contributed by atoms with van der Waals surface area (Å²) in [5.74, 6) is -0.890. The lowest BCUT2D eigenvalue weighted by molar-refractivity contribution is -0.118. The highest BCUT2D eigenvalue weighted by Gasteiger charge is 2.06. The number of hydrogen-bond donors (Lipinski definition) is 1. The zero-order valence-electron chi connectivity index (χ0n) is 10.5. The maximum Gasteiger partial charge on any atom is 0.262 e. The number of hydrogen-bond acceptors (Lipinski definition) is 3. The molecule has 0 aliphatic carbocycles. The Morgan fingerprint density at radius 2 is 1.90 bits per heavy atom. The number of nitrogens with zero attached hydrogens (tertiary/aromatic N) is 1. The van der Waals surface area contributed by atoms with E-state index in [2.05, 4.69) is 5.32 Å². The van der Waals surface area contributed by atoms with Crippen LogP contribution in [0.3, 0.4) is 0 Å². The molecule has 0 aliphatic rings. The summed E-state index contributed by atoms with van der Waals surface area (Å²) in [6.07, 6.45) is 0. The Morgan fingerprint density at radius 3 is 2.55 bits per heavy atom. The summed E-state index contributed by atoms with van der Waals surface area (Å²) < 4.78 is 18.3. The fourth-order valence-electron chi connectivity index (χ4n) is 1.53. The largest absolute Gasteiger partial charge is 0.481 e. The van der Waals surface area contributed by atoms with E-state index in [1.54, 1.807) is 36.4 Å². The number of carbonyl (C=O) groups excluding carboxylic acids is 1. The van der Waals surface area contributed by atoms with E-state index >= 15 is 0 Å². The van der Waals surface area contributed by atoms with Crippen LogP contribution < -0.4 is 10.1 Å². The Morgan fingerprint density at radius 1 is 1.20 bits per heavy atom. The third-order valence-corrected chi connectivity index (χ3v) is 2.49. The van der Waals surface area contributed by atoms with Crippen LogP contribution in [0.4, 0.5) is 10.1 Å². The van der Waals surface area contributed by atoms with E-state index in [0.29, 0.717) is 11.3 Å². The predicted octanol–water partition coefficient (Wildman–Crippen LogP) is 2.71. The molecule has 20 heavy (non-hydrogen) atoms. The number of nitrogens with one attached hydrogen (secondary N) is 1. The smallest absolute Gasteiger partial charge is 0.262 e. The molecule has 0 radical (unpaired) electrons. The standard InChI is InChI=1S/C15H11FN2O2/c16-13-3-1-2-4-14(13)20-10-15(19)18-12-7-5-11(9-17)6-8-12/h1-8H,10H2,(H,18,19). The van der Waals surface area contributed by atoms with Gasteiger partial charge in [0.1, 0.15) is 0 Å². The van der Waals surface area contributed by atoms with E-state index in [4.69, 9.17) is 10.00 Å². The Balaban J connectivity index is 1.89. The van der Waals surface area contributed by atoms with Gasteiger partial charge in [-0.3, -0.25) is 4.79 Å². The van der Waals surface area contributed by atoms with Gasteiger partial charge in [-0.1, -0.05) is 12.1 Å². The fraction of sp³-hybridized carbons (Fsp3) is 0.0667. The van der Waals surface area contributed by atoms with Crippen molar-refractivity contribution in [2.45, 2.75) is 0 Å². The van der Waals surface area contributed by atoms with Gasteiger partial charge in [-0.05, 0) is 36.4 Å². The molecule has 0 fully saturated rings. The molecule has 0 spiro atoms. The maximum absolute atomic E-state index is 13.3. The highest BCUT2D eigenvalue weighted by Crippen LogP contribution is 2.15. The Bertz CT molecular complexity index is 648. The molecular weight excluding hydrogens is 259 g/mol. The van der Waals surface area contributed by atoms with E-state index in [1.165, 1.54) is 12.1 Å². The number of nitriles is 1. The fourth-order valence-corrected chi connectivity index (χ4v) is 1.53. The van der Waals surface area contributed by atoms with E-state index in [1.807, 2.05) is 6.07 Å². The van der Waals surface area contributed by atoms with E-state index < -0.39 is 11.7 Å². The molecule has 4 nitrogen and oxygen atoms in total. The first-order chi connectivity index (χ1) is 9.69. The lowest BCUT2D eigenvalue weighted by Gasteiger charge is -2.08. The Hall–Kier alpha value is -2.87. The SMILES string of the molecule is N#Cc1ccc(NC(=O)COc2ccccc2F)cc1. The number of rotatable bonds is 4. The first-order valence-electron chi connectivity index (χ1n) is 5.86. The van der Waals surface area contributed by atoms with Crippen molar-refractivity contribution in [1.29, 1.82) is 5.26 Å². The number of carbonyl (C=O) groups is 1. The highest BCUT2D eigenvalue weighted by atomic mass is 19.1. The molecule has 2 aromatic rings. The van der Waals surface area contributed by atoms with E-state index in [9.17, 15) is 9.18 Å². The van der Waals surface area contributed by atoms with Gasteiger partial charge >= 0.3 is 0 Å². The average molecular weight is 270 g/mol. The van der Waals surface area contributed by atoms with Crippen molar-refractivity contribution >= 4 is 11.6 Å². The first kappa shape index (κ1) is 13.6. The van der Waals surface area contributed by atoms with Crippen LogP contribution in [0.25, 0.3) is 0 Å².